The fourth-order valence-electron chi connectivity index (χ4n) is 5.16. The highest BCUT2D eigenvalue weighted by Crippen LogP contribution is 2.39. The first-order valence-corrected chi connectivity index (χ1v) is 12.2. The number of alkyl halides is 2. The molecule has 182 valence electrons. The number of carbonyl (C=O) groups is 1. The Bertz CT molecular complexity index is 1360. The topological polar surface area (TPSA) is 60.9 Å². The summed E-state index contributed by atoms with van der Waals surface area (Å²) in [6.07, 6.45) is 5.26. The molecule has 1 aliphatic rings. The van der Waals surface area contributed by atoms with Gasteiger partial charge in [-0.25, -0.2) is 8.78 Å². The molecule has 0 spiro atoms. The van der Waals surface area contributed by atoms with Crippen LogP contribution in [0.1, 0.15) is 60.8 Å². The van der Waals surface area contributed by atoms with Gasteiger partial charge in [0.1, 0.15) is 5.76 Å². The van der Waals surface area contributed by atoms with Gasteiger partial charge in [0.2, 0.25) is 5.92 Å². The summed E-state index contributed by atoms with van der Waals surface area (Å²) in [5, 5.41) is 4.08. The van der Waals surface area contributed by atoms with Crippen molar-refractivity contribution >= 4 is 16.8 Å². The highest BCUT2D eigenvalue weighted by Gasteiger charge is 2.35. The predicted octanol–water partition coefficient (Wildman–Crippen LogP) is 7.39. The molecule has 3 aromatic heterocycles. The van der Waals surface area contributed by atoms with Crippen LogP contribution in [-0.2, 0) is 6.54 Å². The summed E-state index contributed by atoms with van der Waals surface area (Å²) in [7, 11) is 0. The molecule has 5 rings (SSSR count). The van der Waals surface area contributed by atoms with Crippen LogP contribution < -0.4 is 0 Å². The van der Waals surface area contributed by atoms with Crippen molar-refractivity contribution in [2.24, 2.45) is 5.92 Å². The molecule has 35 heavy (non-hydrogen) atoms. The maximum atomic E-state index is 13.7. The molecule has 0 amide bonds. The molecule has 4 aromatic rings. The van der Waals surface area contributed by atoms with Gasteiger partial charge in [0.15, 0.2) is 5.78 Å². The lowest BCUT2D eigenvalue weighted by Crippen LogP contribution is -2.26. The first kappa shape index (κ1) is 23.4. The number of aromatic nitrogens is 3. The third-order valence-corrected chi connectivity index (χ3v) is 7.17. The number of hydrogen-bond donors (Lipinski definition) is 0. The predicted molar refractivity (Wildman–Crippen MR) is 132 cm³/mol. The van der Waals surface area contributed by atoms with Gasteiger partial charge >= 0.3 is 0 Å². The molecule has 1 aliphatic carbocycles. The van der Waals surface area contributed by atoms with E-state index in [0.29, 0.717) is 31.4 Å². The van der Waals surface area contributed by atoms with Gasteiger partial charge in [0, 0.05) is 60.5 Å². The van der Waals surface area contributed by atoms with Crippen molar-refractivity contribution in [3.05, 3.63) is 59.7 Å². The molecule has 5 nitrogen and oxygen atoms in total. The summed E-state index contributed by atoms with van der Waals surface area (Å²) in [6, 6.07) is 9.70. The van der Waals surface area contributed by atoms with Gasteiger partial charge in [-0.15, -0.1) is 0 Å². The smallest absolute Gasteiger partial charge is 0.248 e. The molecule has 3 heterocycles. The second kappa shape index (κ2) is 9.02. The molecule has 1 aromatic carbocycles. The van der Waals surface area contributed by atoms with E-state index in [1.54, 1.807) is 0 Å². The molecule has 0 saturated heterocycles. The van der Waals surface area contributed by atoms with Crippen LogP contribution >= 0.6 is 0 Å². The largest absolute Gasteiger partial charge is 0.361 e. The number of nitrogens with zero attached hydrogens (tertiary/aromatic N) is 3. The summed E-state index contributed by atoms with van der Waals surface area (Å²) >= 11 is 0. The van der Waals surface area contributed by atoms with Gasteiger partial charge in [-0.3, -0.25) is 9.78 Å². The average Bonchev–Trinajstić information content (AvgIpc) is 3.38. The van der Waals surface area contributed by atoms with E-state index in [4.69, 9.17) is 9.51 Å². The summed E-state index contributed by atoms with van der Waals surface area (Å²) in [4.78, 5) is 16.9. The van der Waals surface area contributed by atoms with Crippen LogP contribution in [0.4, 0.5) is 8.78 Å². The minimum Gasteiger partial charge on any atom is -0.361 e. The third-order valence-electron chi connectivity index (χ3n) is 7.17. The lowest BCUT2D eigenvalue weighted by atomic mass is 9.87. The van der Waals surface area contributed by atoms with Crippen molar-refractivity contribution in [1.82, 2.24) is 14.7 Å². The van der Waals surface area contributed by atoms with E-state index in [1.165, 1.54) is 0 Å². The number of ketones is 1. The van der Waals surface area contributed by atoms with Crippen LogP contribution in [-0.4, -0.2) is 26.4 Å². The minimum absolute atomic E-state index is 0.0563. The maximum Gasteiger partial charge on any atom is 0.248 e. The monoisotopic (exact) mass is 477 g/mol. The Morgan fingerprint density at radius 3 is 2.49 bits per heavy atom. The Kier molecular flexibility index (Phi) is 6.03. The van der Waals surface area contributed by atoms with Crippen molar-refractivity contribution in [3.63, 3.8) is 0 Å². The lowest BCUT2D eigenvalue weighted by Gasteiger charge is -2.28. The lowest BCUT2D eigenvalue weighted by molar-refractivity contribution is -0.0472. The molecular formula is C28H29F2N3O2. The van der Waals surface area contributed by atoms with Crippen LogP contribution in [0.2, 0.25) is 0 Å². The van der Waals surface area contributed by atoms with Gasteiger partial charge in [-0.05, 0) is 44.2 Å². The molecule has 0 aliphatic heterocycles. The third kappa shape index (κ3) is 4.51. The fraction of sp³-hybridized carbons (Fsp3) is 0.393. The second-order valence-electron chi connectivity index (χ2n) is 9.64. The van der Waals surface area contributed by atoms with E-state index < -0.39 is 5.92 Å². The van der Waals surface area contributed by atoms with Crippen molar-refractivity contribution in [2.75, 3.05) is 0 Å². The first-order valence-electron chi connectivity index (χ1n) is 12.2. The fourth-order valence-corrected chi connectivity index (χ4v) is 5.16. The number of Topliss-reactive ketones (excluding diaryl/α,β-unsaturated/α-hetero) is 1. The summed E-state index contributed by atoms with van der Waals surface area (Å²) < 4.78 is 35.0. The molecule has 0 atom stereocenters. The SMILES string of the molecule is CCC(=O)c1ccc(-c2cn(CC3CCC(F)(F)CC3)c3cc(-c4c(C)noc4C)cnc23)cc1. The number of halogens is 2. The van der Waals surface area contributed by atoms with Crippen LogP contribution in [0, 0.1) is 19.8 Å². The summed E-state index contributed by atoms with van der Waals surface area (Å²) in [5.41, 5.74) is 7.05. The number of rotatable bonds is 6. The van der Waals surface area contributed by atoms with Crippen LogP contribution in [0.15, 0.2) is 47.2 Å². The molecule has 0 N–H and O–H groups in total. The molecule has 0 radical (unpaired) electrons. The maximum absolute atomic E-state index is 13.7. The Morgan fingerprint density at radius 1 is 1.14 bits per heavy atom. The number of fused-ring (bicyclic) bond motifs is 1. The normalized spacial score (nSPS) is 16.1. The minimum atomic E-state index is -2.55. The van der Waals surface area contributed by atoms with Crippen molar-refractivity contribution in [2.45, 2.75) is 65.3 Å². The van der Waals surface area contributed by atoms with Gasteiger partial charge in [-0.1, -0.05) is 36.3 Å². The Labute approximate surface area is 203 Å². The van der Waals surface area contributed by atoms with Crippen LogP contribution in [0.5, 0.6) is 0 Å². The summed E-state index contributed by atoms with van der Waals surface area (Å²) in [6.45, 7) is 6.30. The molecule has 0 unspecified atom stereocenters. The van der Waals surface area contributed by atoms with E-state index in [1.807, 2.05) is 51.2 Å². The van der Waals surface area contributed by atoms with E-state index in [9.17, 15) is 13.6 Å². The average molecular weight is 478 g/mol. The quantitative estimate of drug-likeness (QED) is 0.272. The van der Waals surface area contributed by atoms with Gasteiger partial charge in [0.05, 0.1) is 16.7 Å². The number of hydrogen-bond acceptors (Lipinski definition) is 4. The van der Waals surface area contributed by atoms with Gasteiger partial charge in [-0.2, -0.15) is 0 Å². The second-order valence-corrected chi connectivity index (χ2v) is 9.64. The van der Waals surface area contributed by atoms with Crippen molar-refractivity contribution in [1.29, 1.82) is 0 Å². The number of aryl methyl sites for hydroxylation is 2. The van der Waals surface area contributed by atoms with E-state index in [0.717, 1.165) is 44.7 Å². The van der Waals surface area contributed by atoms with E-state index in [-0.39, 0.29) is 24.5 Å². The molecular weight excluding hydrogens is 448 g/mol. The zero-order valence-electron chi connectivity index (χ0n) is 20.3. The molecule has 0 bridgehead atoms. The highest BCUT2D eigenvalue weighted by molar-refractivity contribution is 5.98. The van der Waals surface area contributed by atoms with Crippen molar-refractivity contribution < 1.29 is 18.1 Å². The molecule has 1 fully saturated rings. The van der Waals surface area contributed by atoms with Gasteiger partial charge in [0.25, 0.3) is 0 Å². The number of pyridine rings is 1. The summed E-state index contributed by atoms with van der Waals surface area (Å²) in [5.74, 6) is -1.52. The highest BCUT2D eigenvalue weighted by atomic mass is 19.3. The van der Waals surface area contributed by atoms with Crippen LogP contribution in [0.25, 0.3) is 33.3 Å². The van der Waals surface area contributed by atoms with Gasteiger partial charge < -0.3 is 9.09 Å². The Morgan fingerprint density at radius 2 is 1.86 bits per heavy atom. The molecule has 1 saturated carbocycles. The first-order chi connectivity index (χ1) is 16.8. The zero-order valence-corrected chi connectivity index (χ0v) is 20.3. The number of benzene rings is 1. The Balaban J connectivity index is 1.58. The Hall–Kier alpha value is -3.35. The molecule has 7 heteroatoms. The van der Waals surface area contributed by atoms with E-state index in [2.05, 4.69) is 22.0 Å². The standard InChI is InChI=1S/C28H29F2N3O2/c1-4-25(34)21-7-5-20(6-8-21)23-16-33(15-19-9-11-28(29,30)12-10-19)24-13-22(14-31-27(23)24)26-17(2)32-35-18(26)3/h5-8,13-14,16,19H,4,9-12,15H2,1-3H3. The zero-order chi connectivity index (χ0) is 24.7. The van der Waals surface area contributed by atoms with Crippen molar-refractivity contribution in [3.8, 4) is 22.3 Å². The number of carbonyl (C=O) groups excluding carboxylic acids is 1. The van der Waals surface area contributed by atoms with Crippen LogP contribution in [0.3, 0.4) is 0 Å². The van der Waals surface area contributed by atoms with E-state index >= 15 is 0 Å².